The Hall–Kier alpha value is -3.92. The molecular formula is C26H22O4. The summed E-state index contributed by atoms with van der Waals surface area (Å²) < 4.78 is 0. The Morgan fingerprint density at radius 3 is 1.17 bits per heavy atom. The van der Waals surface area contributed by atoms with Gasteiger partial charge in [-0.3, -0.25) is 0 Å². The van der Waals surface area contributed by atoms with Gasteiger partial charge in [-0.25, -0.2) is 0 Å². The molecule has 0 heterocycles. The third-order valence-electron chi connectivity index (χ3n) is 5.15. The summed E-state index contributed by atoms with van der Waals surface area (Å²) in [6, 6.07) is 24.8. The van der Waals surface area contributed by atoms with Gasteiger partial charge < -0.3 is 20.4 Å². The van der Waals surface area contributed by atoms with E-state index < -0.39 is 0 Å². The van der Waals surface area contributed by atoms with Crippen molar-refractivity contribution >= 4 is 0 Å². The standard InChI is InChI=1S/C26H22O4/c27-23-7-1-17(2-8-23)13-21-15-19(5-11-25(21)29)20-6-12-26(30)22(16-20)14-18-3-9-24(28)10-4-18/h1-12,15-16,27-30H,13-14H2. The lowest BCUT2D eigenvalue weighted by atomic mass is 9.95. The van der Waals surface area contributed by atoms with Gasteiger partial charge in [-0.1, -0.05) is 36.4 Å². The van der Waals surface area contributed by atoms with Gasteiger partial charge in [-0.2, -0.15) is 0 Å². The average Bonchev–Trinajstić information content (AvgIpc) is 2.74. The van der Waals surface area contributed by atoms with Crippen LogP contribution in [0.3, 0.4) is 0 Å². The molecule has 0 spiro atoms. The lowest BCUT2D eigenvalue weighted by Gasteiger charge is -2.11. The van der Waals surface area contributed by atoms with Crippen molar-refractivity contribution in [3.8, 4) is 34.1 Å². The zero-order valence-electron chi connectivity index (χ0n) is 16.3. The van der Waals surface area contributed by atoms with Crippen molar-refractivity contribution in [2.45, 2.75) is 12.8 Å². The summed E-state index contributed by atoms with van der Waals surface area (Å²) in [5.41, 5.74) is 5.41. The zero-order valence-corrected chi connectivity index (χ0v) is 16.3. The zero-order chi connectivity index (χ0) is 21.1. The molecule has 0 aliphatic carbocycles. The second-order valence-corrected chi connectivity index (χ2v) is 7.37. The van der Waals surface area contributed by atoms with Crippen molar-refractivity contribution < 1.29 is 20.4 Å². The monoisotopic (exact) mass is 398 g/mol. The molecule has 4 heteroatoms. The topological polar surface area (TPSA) is 80.9 Å². The van der Waals surface area contributed by atoms with Gasteiger partial charge in [0.05, 0.1) is 0 Å². The summed E-state index contributed by atoms with van der Waals surface area (Å²) >= 11 is 0. The van der Waals surface area contributed by atoms with E-state index in [1.165, 1.54) is 0 Å². The predicted octanol–water partition coefficient (Wildman–Crippen LogP) is 5.36. The van der Waals surface area contributed by atoms with Crippen LogP contribution in [0, 0.1) is 0 Å². The normalized spacial score (nSPS) is 10.8. The first-order chi connectivity index (χ1) is 14.5. The molecule has 4 aromatic carbocycles. The quantitative estimate of drug-likeness (QED) is 0.365. The number of phenolic OH excluding ortho intramolecular Hbond substituents is 4. The first-order valence-electron chi connectivity index (χ1n) is 9.68. The van der Waals surface area contributed by atoms with Crippen LogP contribution in [0.1, 0.15) is 22.3 Å². The molecule has 0 aliphatic heterocycles. The smallest absolute Gasteiger partial charge is 0.119 e. The molecule has 0 bridgehead atoms. The van der Waals surface area contributed by atoms with Gasteiger partial charge in [0.25, 0.3) is 0 Å². The Morgan fingerprint density at radius 1 is 0.433 bits per heavy atom. The lowest BCUT2D eigenvalue weighted by Crippen LogP contribution is -1.92. The molecule has 4 N–H and O–H groups in total. The first-order valence-corrected chi connectivity index (χ1v) is 9.68. The second-order valence-electron chi connectivity index (χ2n) is 7.37. The average molecular weight is 398 g/mol. The maximum Gasteiger partial charge on any atom is 0.119 e. The molecule has 0 atom stereocenters. The highest BCUT2D eigenvalue weighted by atomic mass is 16.3. The molecule has 4 rings (SSSR count). The molecule has 0 amide bonds. The van der Waals surface area contributed by atoms with Crippen molar-refractivity contribution in [2.24, 2.45) is 0 Å². The van der Waals surface area contributed by atoms with E-state index in [0.29, 0.717) is 12.8 Å². The van der Waals surface area contributed by atoms with E-state index >= 15 is 0 Å². The van der Waals surface area contributed by atoms with Crippen LogP contribution < -0.4 is 0 Å². The van der Waals surface area contributed by atoms with Gasteiger partial charge >= 0.3 is 0 Å². The number of hydrogen-bond donors (Lipinski definition) is 4. The van der Waals surface area contributed by atoms with Crippen LogP contribution in [0.25, 0.3) is 11.1 Å². The van der Waals surface area contributed by atoms with E-state index in [1.807, 2.05) is 48.5 Å². The summed E-state index contributed by atoms with van der Waals surface area (Å²) in [6.07, 6.45) is 1.08. The Balaban J connectivity index is 1.63. The van der Waals surface area contributed by atoms with Crippen molar-refractivity contribution in [3.63, 3.8) is 0 Å². The maximum absolute atomic E-state index is 10.3. The first kappa shape index (κ1) is 19.4. The Labute approximate surface area is 175 Å². The van der Waals surface area contributed by atoms with Crippen LogP contribution in [-0.2, 0) is 12.8 Å². The van der Waals surface area contributed by atoms with Crippen LogP contribution in [-0.4, -0.2) is 20.4 Å². The summed E-state index contributed by atoms with van der Waals surface area (Å²) in [5.74, 6) is 0.855. The molecule has 4 aromatic rings. The van der Waals surface area contributed by atoms with Gasteiger partial charge in [0.15, 0.2) is 0 Å². The largest absolute Gasteiger partial charge is 0.508 e. The molecule has 30 heavy (non-hydrogen) atoms. The summed E-state index contributed by atoms with van der Waals surface area (Å²) in [4.78, 5) is 0. The highest BCUT2D eigenvalue weighted by Gasteiger charge is 2.09. The van der Waals surface area contributed by atoms with Crippen LogP contribution in [0.4, 0.5) is 0 Å². The molecule has 0 saturated carbocycles. The fourth-order valence-corrected chi connectivity index (χ4v) is 3.48. The highest BCUT2D eigenvalue weighted by Crippen LogP contribution is 2.31. The molecule has 0 unspecified atom stereocenters. The van der Waals surface area contributed by atoms with E-state index in [0.717, 1.165) is 33.4 Å². The number of hydrogen-bond acceptors (Lipinski definition) is 4. The third kappa shape index (κ3) is 4.39. The molecule has 4 nitrogen and oxygen atoms in total. The number of benzene rings is 4. The molecular weight excluding hydrogens is 376 g/mol. The van der Waals surface area contributed by atoms with E-state index in [2.05, 4.69) is 0 Å². The molecule has 0 aromatic heterocycles. The van der Waals surface area contributed by atoms with Crippen LogP contribution in [0.2, 0.25) is 0 Å². The molecule has 0 aliphatic rings. The number of phenols is 4. The van der Waals surface area contributed by atoms with Crippen LogP contribution >= 0.6 is 0 Å². The molecule has 0 fully saturated rings. The summed E-state index contributed by atoms with van der Waals surface area (Å²) in [5, 5.41) is 39.5. The van der Waals surface area contributed by atoms with E-state index in [9.17, 15) is 20.4 Å². The lowest BCUT2D eigenvalue weighted by molar-refractivity contribution is 0.468. The Morgan fingerprint density at radius 2 is 0.800 bits per heavy atom. The van der Waals surface area contributed by atoms with E-state index in [4.69, 9.17) is 0 Å². The molecule has 150 valence electrons. The minimum absolute atomic E-state index is 0.210. The van der Waals surface area contributed by atoms with Crippen LogP contribution in [0.5, 0.6) is 23.0 Å². The minimum Gasteiger partial charge on any atom is -0.508 e. The van der Waals surface area contributed by atoms with Gasteiger partial charge in [0.2, 0.25) is 0 Å². The van der Waals surface area contributed by atoms with E-state index in [1.54, 1.807) is 36.4 Å². The van der Waals surface area contributed by atoms with Crippen molar-refractivity contribution in [1.29, 1.82) is 0 Å². The summed E-state index contributed by atoms with van der Waals surface area (Å²) in [6.45, 7) is 0. The van der Waals surface area contributed by atoms with Crippen molar-refractivity contribution in [2.75, 3.05) is 0 Å². The van der Waals surface area contributed by atoms with Gasteiger partial charge in [-0.15, -0.1) is 0 Å². The Kier molecular flexibility index (Phi) is 5.31. The number of aromatic hydroxyl groups is 4. The van der Waals surface area contributed by atoms with Gasteiger partial charge in [-0.05, 0) is 81.9 Å². The number of rotatable bonds is 5. The fourth-order valence-electron chi connectivity index (χ4n) is 3.48. The fraction of sp³-hybridized carbons (Fsp3) is 0.0769. The van der Waals surface area contributed by atoms with Gasteiger partial charge in [0.1, 0.15) is 23.0 Å². The van der Waals surface area contributed by atoms with Gasteiger partial charge in [0, 0.05) is 12.8 Å². The second kappa shape index (κ2) is 8.21. The van der Waals surface area contributed by atoms with Crippen molar-refractivity contribution in [1.82, 2.24) is 0 Å². The Bertz CT molecular complexity index is 1070. The maximum atomic E-state index is 10.3. The molecule has 0 saturated heterocycles. The molecule has 0 radical (unpaired) electrons. The van der Waals surface area contributed by atoms with E-state index in [-0.39, 0.29) is 23.0 Å². The van der Waals surface area contributed by atoms with Crippen LogP contribution in [0.15, 0.2) is 84.9 Å². The van der Waals surface area contributed by atoms with Crippen molar-refractivity contribution in [3.05, 3.63) is 107 Å². The SMILES string of the molecule is Oc1ccc(Cc2cc(-c3ccc(O)c(Cc4ccc(O)cc4)c3)ccc2O)cc1. The summed E-state index contributed by atoms with van der Waals surface area (Å²) in [7, 11) is 0. The predicted molar refractivity (Wildman–Crippen MR) is 117 cm³/mol. The minimum atomic E-state index is 0.210. The third-order valence-corrected chi connectivity index (χ3v) is 5.15. The highest BCUT2D eigenvalue weighted by molar-refractivity contribution is 5.68.